The van der Waals surface area contributed by atoms with E-state index in [0.29, 0.717) is 10.6 Å². The molecule has 1 aromatic carbocycles. The zero-order valence-electron chi connectivity index (χ0n) is 16.4. The molecule has 8 nitrogen and oxygen atoms in total. The Morgan fingerprint density at radius 1 is 1.29 bits per heavy atom. The summed E-state index contributed by atoms with van der Waals surface area (Å²) in [5, 5.41) is 17.3. The van der Waals surface area contributed by atoms with Crippen LogP contribution in [0.5, 0.6) is 0 Å². The first kappa shape index (κ1) is 20.3. The number of carbonyl (C=O) groups excluding carboxylic acids is 1. The summed E-state index contributed by atoms with van der Waals surface area (Å²) >= 11 is 6.07. The molecule has 150 valence electrons. The van der Waals surface area contributed by atoms with Crippen molar-refractivity contribution in [3.63, 3.8) is 0 Å². The highest BCUT2D eigenvalue weighted by atomic mass is 35.5. The summed E-state index contributed by atoms with van der Waals surface area (Å²) in [6, 6.07) is 7.04. The second-order valence-electron chi connectivity index (χ2n) is 8.41. The first-order valence-electron chi connectivity index (χ1n) is 9.13. The molecule has 0 atom stereocenters. The molecule has 1 fully saturated rings. The number of aromatic amines is 1. The van der Waals surface area contributed by atoms with E-state index in [1.54, 1.807) is 18.2 Å². The minimum Gasteiger partial charge on any atom is -0.348 e. The lowest BCUT2D eigenvalue weighted by atomic mass is 9.79. The number of aromatic nitrogens is 3. The lowest BCUT2D eigenvalue weighted by Crippen LogP contribution is -2.62. The van der Waals surface area contributed by atoms with Crippen LogP contribution in [0.3, 0.4) is 0 Å². The predicted molar refractivity (Wildman–Crippen MR) is 109 cm³/mol. The van der Waals surface area contributed by atoms with Gasteiger partial charge in [-0.2, -0.15) is 10.3 Å². The second-order valence-corrected chi connectivity index (χ2v) is 8.82. The van der Waals surface area contributed by atoms with E-state index in [1.807, 2.05) is 6.07 Å². The van der Waals surface area contributed by atoms with Crippen LogP contribution in [0, 0.1) is 0 Å². The van der Waals surface area contributed by atoms with Gasteiger partial charge in [0.1, 0.15) is 0 Å². The Labute approximate surface area is 168 Å². The fraction of sp³-hybridized carbons (Fsp3) is 0.474. The molecule has 1 amide bonds. The van der Waals surface area contributed by atoms with Gasteiger partial charge in [0.25, 0.3) is 5.91 Å². The van der Waals surface area contributed by atoms with E-state index >= 15 is 0 Å². The number of H-pyrrole nitrogens is 1. The number of halogens is 1. The molecule has 0 spiro atoms. The number of hydrogen-bond donors (Lipinski definition) is 3. The molecular weight excluding hydrogens is 380 g/mol. The van der Waals surface area contributed by atoms with Gasteiger partial charge in [-0.05, 0) is 46.6 Å². The van der Waals surface area contributed by atoms with Gasteiger partial charge in [0.2, 0.25) is 5.69 Å². The largest absolute Gasteiger partial charge is 0.348 e. The highest BCUT2D eigenvalue weighted by molar-refractivity contribution is 6.33. The van der Waals surface area contributed by atoms with Crippen LogP contribution in [0.25, 0.3) is 0 Å². The molecule has 0 aliphatic carbocycles. The Morgan fingerprint density at radius 3 is 2.57 bits per heavy atom. The quantitative estimate of drug-likeness (QED) is 0.679. The maximum Gasteiger partial charge on any atom is 0.320 e. The zero-order chi connectivity index (χ0) is 20.5. The van der Waals surface area contributed by atoms with E-state index in [0.717, 1.165) is 17.6 Å². The van der Waals surface area contributed by atoms with Gasteiger partial charge in [0.05, 0.1) is 6.21 Å². The molecule has 0 radical (unpaired) electrons. The molecule has 1 aliphatic heterocycles. The van der Waals surface area contributed by atoms with Crippen molar-refractivity contribution in [1.82, 2.24) is 25.7 Å². The Kier molecular flexibility index (Phi) is 5.45. The normalized spacial score (nSPS) is 19.0. The highest BCUT2D eigenvalue weighted by Gasteiger charge is 2.38. The summed E-state index contributed by atoms with van der Waals surface area (Å²) in [6.07, 6.45) is 2.94. The summed E-state index contributed by atoms with van der Waals surface area (Å²) in [7, 11) is 0. The number of nitrogens with one attached hydrogen (secondary N) is 3. The van der Waals surface area contributed by atoms with E-state index in [-0.39, 0.29) is 22.8 Å². The molecule has 28 heavy (non-hydrogen) atoms. The van der Waals surface area contributed by atoms with Crippen molar-refractivity contribution in [1.29, 1.82) is 0 Å². The van der Waals surface area contributed by atoms with Crippen LogP contribution in [0.4, 0.5) is 0 Å². The van der Waals surface area contributed by atoms with Crippen molar-refractivity contribution >= 4 is 23.7 Å². The van der Waals surface area contributed by atoms with E-state index in [4.69, 9.17) is 11.6 Å². The lowest BCUT2D eigenvalue weighted by molar-refractivity contribution is 0.0867. The third-order valence-corrected chi connectivity index (χ3v) is 4.95. The summed E-state index contributed by atoms with van der Waals surface area (Å²) < 4.78 is 0. The smallest absolute Gasteiger partial charge is 0.320 e. The number of benzene rings is 1. The van der Waals surface area contributed by atoms with Crippen LogP contribution >= 0.6 is 11.6 Å². The van der Waals surface area contributed by atoms with Crippen LogP contribution in [0.2, 0.25) is 5.02 Å². The monoisotopic (exact) mass is 404 g/mol. The zero-order valence-corrected chi connectivity index (χ0v) is 17.2. The van der Waals surface area contributed by atoms with Gasteiger partial charge in [-0.3, -0.25) is 9.59 Å². The van der Waals surface area contributed by atoms with Crippen LogP contribution < -0.4 is 16.2 Å². The van der Waals surface area contributed by atoms with Gasteiger partial charge in [-0.15, -0.1) is 9.89 Å². The molecular formula is C19H25ClN6O2. The molecule has 1 saturated heterocycles. The topological polar surface area (TPSA) is 104 Å². The van der Waals surface area contributed by atoms with Gasteiger partial charge in [-0.25, -0.2) is 0 Å². The van der Waals surface area contributed by atoms with Gasteiger partial charge < -0.3 is 10.6 Å². The SMILES string of the molecule is CC1(C)CC(NC(=O)c2n[nH]n(N=Cc3ccccc3Cl)c2=O)CC(C)(C)N1. The fourth-order valence-corrected chi connectivity index (χ4v) is 4.08. The standard InChI is InChI=1S/C19H25ClN6O2/c1-18(2)9-13(10-19(3,4)24-18)22-16(27)15-17(28)26(25-23-15)21-11-12-7-5-6-8-14(12)20/h5-8,11,13,24-25H,9-10H2,1-4H3,(H,22,27). The minimum absolute atomic E-state index is 0.0603. The number of nitrogens with zero attached hydrogens (tertiary/aromatic N) is 3. The Hall–Kier alpha value is -2.45. The van der Waals surface area contributed by atoms with Crippen molar-refractivity contribution in [3.8, 4) is 0 Å². The number of amides is 1. The third-order valence-electron chi connectivity index (χ3n) is 4.61. The first-order chi connectivity index (χ1) is 13.1. The number of rotatable bonds is 4. The second kappa shape index (κ2) is 7.52. The molecule has 2 aromatic rings. The van der Waals surface area contributed by atoms with Crippen molar-refractivity contribution in [2.45, 2.75) is 57.7 Å². The third kappa shape index (κ3) is 4.69. The van der Waals surface area contributed by atoms with E-state index in [9.17, 15) is 9.59 Å². The van der Waals surface area contributed by atoms with Gasteiger partial charge >= 0.3 is 5.56 Å². The first-order valence-corrected chi connectivity index (χ1v) is 9.51. The van der Waals surface area contributed by atoms with Crippen LogP contribution in [0.1, 0.15) is 56.6 Å². The summed E-state index contributed by atoms with van der Waals surface area (Å²) in [5.74, 6) is -0.508. The maximum atomic E-state index is 12.6. The van der Waals surface area contributed by atoms with Crippen LogP contribution in [0.15, 0.2) is 34.2 Å². The maximum absolute atomic E-state index is 12.6. The molecule has 3 rings (SSSR count). The molecule has 0 saturated carbocycles. The average molecular weight is 405 g/mol. The number of hydrogen-bond acceptors (Lipinski definition) is 5. The Balaban J connectivity index is 1.74. The van der Waals surface area contributed by atoms with Crippen LogP contribution in [-0.4, -0.2) is 44.3 Å². The van der Waals surface area contributed by atoms with Crippen molar-refractivity contribution < 1.29 is 4.79 Å². The van der Waals surface area contributed by atoms with E-state index in [1.165, 1.54) is 6.21 Å². The van der Waals surface area contributed by atoms with Gasteiger partial charge in [0, 0.05) is 27.7 Å². The molecule has 3 N–H and O–H groups in total. The van der Waals surface area contributed by atoms with Crippen LogP contribution in [-0.2, 0) is 0 Å². The molecule has 1 aliphatic rings. The number of carbonyl (C=O) groups is 1. The Bertz CT molecular complexity index is 943. The lowest BCUT2D eigenvalue weighted by Gasteiger charge is -2.46. The highest BCUT2D eigenvalue weighted by Crippen LogP contribution is 2.28. The van der Waals surface area contributed by atoms with Crippen molar-refractivity contribution in [2.24, 2.45) is 5.10 Å². The summed E-state index contributed by atoms with van der Waals surface area (Å²) in [4.78, 5) is 26.0. The minimum atomic E-state index is -0.617. The van der Waals surface area contributed by atoms with E-state index < -0.39 is 11.5 Å². The van der Waals surface area contributed by atoms with Gasteiger partial charge in [0.15, 0.2) is 0 Å². The predicted octanol–water partition coefficient (Wildman–Crippen LogP) is 2.15. The average Bonchev–Trinajstić information content (AvgIpc) is 2.92. The fourth-order valence-electron chi connectivity index (χ4n) is 3.89. The summed E-state index contributed by atoms with van der Waals surface area (Å²) in [6.45, 7) is 8.38. The number of piperidine rings is 1. The van der Waals surface area contributed by atoms with Crippen molar-refractivity contribution in [3.05, 3.63) is 50.9 Å². The van der Waals surface area contributed by atoms with E-state index in [2.05, 4.69) is 53.7 Å². The molecule has 0 bridgehead atoms. The summed E-state index contributed by atoms with van der Waals surface area (Å²) in [5.41, 5.74) is -0.426. The van der Waals surface area contributed by atoms with Gasteiger partial charge in [-0.1, -0.05) is 29.8 Å². The molecule has 2 heterocycles. The Morgan fingerprint density at radius 2 is 1.93 bits per heavy atom. The molecule has 0 unspecified atom stereocenters. The molecule has 9 heteroatoms. The van der Waals surface area contributed by atoms with Crippen molar-refractivity contribution in [2.75, 3.05) is 0 Å². The molecule has 1 aromatic heterocycles.